The Morgan fingerprint density at radius 1 is 1.27 bits per heavy atom. The van der Waals surface area contributed by atoms with E-state index in [0.29, 0.717) is 18.2 Å². The Labute approximate surface area is 148 Å². The van der Waals surface area contributed by atoms with Crippen molar-refractivity contribution in [1.29, 1.82) is 0 Å². The molecule has 1 rings (SSSR count). The van der Waals surface area contributed by atoms with Gasteiger partial charge in [0.05, 0.1) is 0 Å². The molecule has 1 aromatic carbocycles. The predicted molar refractivity (Wildman–Crippen MR) is 101 cm³/mol. The lowest BCUT2D eigenvalue weighted by Gasteiger charge is -2.19. The van der Waals surface area contributed by atoms with Crippen LogP contribution in [-0.2, 0) is 11.2 Å². The number of benzene rings is 1. The Hall–Kier alpha value is -1.51. The number of rotatable bonds is 4. The molecule has 0 aliphatic carbocycles. The summed E-state index contributed by atoms with van der Waals surface area (Å²) >= 11 is 0. The third-order valence-corrected chi connectivity index (χ3v) is 2.56. The number of hydrogen-bond acceptors (Lipinski definition) is 3. The number of ether oxygens (including phenoxy) is 1. The first-order valence-corrected chi connectivity index (χ1v) is 6.85. The molecule has 6 nitrogen and oxygen atoms in total. The van der Waals surface area contributed by atoms with E-state index in [2.05, 4.69) is 15.6 Å². The van der Waals surface area contributed by atoms with Gasteiger partial charge in [0.15, 0.2) is 5.96 Å². The number of guanidine groups is 1. The van der Waals surface area contributed by atoms with Gasteiger partial charge in [-0.05, 0) is 44.9 Å². The molecule has 0 saturated heterocycles. The summed E-state index contributed by atoms with van der Waals surface area (Å²) < 4.78 is 5.19. The summed E-state index contributed by atoms with van der Waals surface area (Å²) in [5.74, 6) is 0.429. The molecule has 0 atom stereocenters. The number of hydrogen-bond donors (Lipinski definition) is 3. The van der Waals surface area contributed by atoms with Gasteiger partial charge in [-0.25, -0.2) is 4.79 Å². The Morgan fingerprint density at radius 3 is 2.36 bits per heavy atom. The van der Waals surface area contributed by atoms with E-state index in [9.17, 15) is 4.79 Å². The van der Waals surface area contributed by atoms with Gasteiger partial charge in [-0.3, -0.25) is 10.3 Å². The minimum absolute atomic E-state index is 0. The van der Waals surface area contributed by atoms with E-state index in [1.165, 1.54) is 0 Å². The minimum atomic E-state index is -0.504. The van der Waals surface area contributed by atoms with Gasteiger partial charge in [-0.2, -0.15) is 0 Å². The summed E-state index contributed by atoms with van der Waals surface area (Å²) in [5.41, 5.74) is 6.88. The zero-order chi connectivity index (χ0) is 15.9. The molecule has 0 fully saturated rings. The van der Waals surface area contributed by atoms with Crippen molar-refractivity contribution in [1.82, 2.24) is 5.32 Å². The Bertz CT molecular complexity index is 495. The molecule has 4 N–H and O–H groups in total. The molecule has 22 heavy (non-hydrogen) atoms. The number of carbonyl (C=O) groups is 1. The molecule has 124 valence electrons. The van der Waals surface area contributed by atoms with Crippen LogP contribution in [0.1, 0.15) is 26.3 Å². The van der Waals surface area contributed by atoms with Crippen LogP contribution in [0.5, 0.6) is 0 Å². The number of carbonyl (C=O) groups excluding carboxylic acids is 1. The third-order valence-electron chi connectivity index (χ3n) is 2.56. The van der Waals surface area contributed by atoms with Gasteiger partial charge in [0.25, 0.3) is 0 Å². The van der Waals surface area contributed by atoms with Crippen molar-refractivity contribution in [3.05, 3.63) is 29.8 Å². The topological polar surface area (TPSA) is 88.7 Å². The van der Waals surface area contributed by atoms with Gasteiger partial charge in [-0.15, -0.1) is 24.0 Å². The average molecular weight is 420 g/mol. The number of nitrogens with zero attached hydrogens (tertiary/aromatic N) is 1. The molecular weight excluding hydrogens is 395 g/mol. The Morgan fingerprint density at radius 2 is 1.86 bits per heavy atom. The van der Waals surface area contributed by atoms with E-state index < -0.39 is 11.7 Å². The zero-order valence-corrected chi connectivity index (χ0v) is 15.8. The van der Waals surface area contributed by atoms with E-state index in [1.54, 1.807) is 7.05 Å². The fourth-order valence-corrected chi connectivity index (χ4v) is 1.59. The Balaban J connectivity index is 0.00000441. The summed E-state index contributed by atoms with van der Waals surface area (Å²) in [5, 5.41) is 5.68. The molecular formula is C15H25IN4O2. The third kappa shape index (κ3) is 8.71. The lowest BCUT2D eigenvalue weighted by Crippen LogP contribution is -2.32. The molecule has 1 aromatic rings. The van der Waals surface area contributed by atoms with Crippen LogP contribution >= 0.6 is 24.0 Å². The molecule has 0 bridgehead atoms. The van der Waals surface area contributed by atoms with E-state index in [0.717, 1.165) is 12.0 Å². The van der Waals surface area contributed by atoms with Crippen LogP contribution < -0.4 is 16.4 Å². The van der Waals surface area contributed by atoms with Crippen molar-refractivity contribution in [2.24, 2.45) is 10.7 Å². The summed E-state index contributed by atoms with van der Waals surface area (Å²) in [6.45, 7) is 6.19. The second kappa shape index (κ2) is 9.50. The maximum Gasteiger partial charge on any atom is 0.412 e. The summed E-state index contributed by atoms with van der Waals surface area (Å²) in [4.78, 5) is 15.4. The van der Waals surface area contributed by atoms with Crippen molar-refractivity contribution in [2.45, 2.75) is 32.8 Å². The molecule has 0 aliphatic rings. The van der Waals surface area contributed by atoms with E-state index in [4.69, 9.17) is 10.5 Å². The number of amides is 1. The SMILES string of the molecule is CN=C(N)NCCc1ccc(NC(=O)OC(C)(C)C)cc1.I. The molecule has 0 heterocycles. The maximum atomic E-state index is 11.6. The minimum Gasteiger partial charge on any atom is -0.444 e. The van der Waals surface area contributed by atoms with Crippen molar-refractivity contribution in [3.8, 4) is 0 Å². The number of aliphatic imine (C=N–C) groups is 1. The second-order valence-electron chi connectivity index (χ2n) is 5.61. The molecule has 0 aliphatic heterocycles. The van der Waals surface area contributed by atoms with Crippen LogP contribution in [0.3, 0.4) is 0 Å². The molecule has 1 amide bonds. The zero-order valence-electron chi connectivity index (χ0n) is 13.5. The fourth-order valence-electron chi connectivity index (χ4n) is 1.59. The van der Waals surface area contributed by atoms with Crippen molar-refractivity contribution >= 4 is 41.7 Å². The first-order valence-electron chi connectivity index (χ1n) is 6.85. The van der Waals surface area contributed by atoms with Gasteiger partial charge in [0, 0.05) is 19.3 Å². The van der Waals surface area contributed by atoms with Crippen LogP contribution in [0.4, 0.5) is 10.5 Å². The van der Waals surface area contributed by atoms with Gasteiger partial charge in [-0.1, -0.05) is 12.1 Å². The number of anilines is 1. The highest BCUT2D eigenvalue weighted by molar-refractivity contribution is 14.0. The standard InChI is InChI=1S/C15H24N4O2.HI/c1-15(2,3)21-14(20)19-12-7-5-11(6-8-12)9-10-18-13(16)17-4;/h5-8H,9-10H2,1-4H3,(H,19,20)(H3,16,17,18);1H. The first-order chi connectivity index (χ1) is 9.80. The van der Waals surface area contributed by atoms with Crippen molar-refractivity contribution < 1.29 is 9.53 Å². The normalized spacial score (nSPS) is 11.4. The molecule has 0 unspecified atom stereocenters. The Kier molecular flexibility index (Phi) is 8.84. The average Bonchev–Trinajstić information content (AvgIpc) is 2.38. The lowest BCUT2D eigenvalue weighted by molar-refractivity contribution is 0.0636. The first kappa shape index (κ1) is 20.5. The monoisotopic (exact) mass is 420 g/mol. The van der Waals surface area contributed by atoms with Gasteiger partial charge in [0.2, 0.25) is 0 Å². The second-order valence-corrected chi connectivity index (χ2v) is 5.61. The molecule has 0 radical (unpaired) electrons. The van der Waals surface area contributed by atoms with Crippen LogP contribution in [-0.4, -0.2) is 31.2 Å². The van der Waals surface area contributed by atoms with Crippen LogP contribution in [0.2, 0.25) is 0 Å². The van der Waals surface area contributed by atoms with E-state index in [-0.39, 0.29) is 24.0 Å². The maximum absolute atomic E-state index is 11.6. The smallest absolute Gasteiger partial charge is 0.412 e. The molecule has 0 spiro atoms. The van der Waals surface area contributed by atoms with Crippen LogP contribution in [0, 0.1) is 0 Å². The highest BCUT2D eigenvalue weighted by Crippen LogP contribution is 2.13. The van der Waals surface area contributed by atoms with Crippen LogP contribution in [0.15, 0.2) is 29.3 Å². The number of nitrogens with two attached hydrogens (primary N) is 1. The summed E-state index contributed by atoms with van der Waals surface area (Å²) in [6, 6.07) is 7.59. The number of nitrogens with one attached hydrogen (secondary N) is 2. The molecule has 0 aromatic heterocycles. The number of halogens is 1. The van der Waals surface area contributed by atoms with Crippen molar-refractivity contribution in [3.63, 3.8) is 0 Å². The van der Waals surface area contributed by atoms with Gasteiger partial charge < -0.3 is 15.8 Å². The van der Waals surface area contributed by atoms with Gasteiger partial charge >= 0.3 is 6.09 Å². The van der Waals surface area contributed by atoms with Crippen molar-refractivity contribution in [2.75, 3.05) is 18.9 Å². The highest BCUT2D eigenvalue weighted by Gasteiger charge is 2.15. The fraction of sp³-hybridized carbons (Fsp3) is 0.467. The quantitative estimate of drug-likeness (QED) is 0.397. The highest BCUT2D eigenvalue weighted by atomic mass is 127. The lowest BCUT2D eigenvalue weighted by atomic mass is 10.1. The predicted octanol–water partition coefficient (Wildman–Crippen LogP) is 2.73. The molecule has 0 saturated carbocycles. The van der Waals surface area contributed by atoms with E-state index in [1.807, 2.05) is 45.0 Å². The summed E-state index contributed by atoms with van der Waals surface area (Å²) in [7, 11) is 1.64. The van der Waals surface area contributed by atoms with Gasteiger partial charge in [0.1, 0.15) is 5.60 Å². The van der Waals surface area contributed by atoms with E-state index >= 15 is 0 Å². The largest absolute Gasteiger partial charge is 0.444 e. The summed E-state index contributed by atoms with van der Waals surface area (Å²) in [6.07, 6.45) is 0.368. The van der Waals surface area contributed by atoms with Crippen LogP contribution in [0.25, 0.3) is 0 Å². The molecule has 7 heteroatoms.